The summed E-state index contributed by atoms with van der Waals surface area (Å²) in [7, 11) is -2.43. The number of methoxy groups -OCH3 is 1. The van der Waals surface area contributed by atoms with Gasteiger partial charge < -0.3 is 4.74 Å². The zero-order valence-corrected chi connectivity index (χ0v) is 13.7. The molecule has 110 valence electrons. The smallest absolute Gasteiger partial charge is 0.324 e. The van der Waals surface area contributed by atoms with Crippen LogP contribution in [0, 0.1) is 6.92 Å². The van der Waals surface area contributed by atoms with Crippen LogP contribution < -0.4 is 0 Å². The van der Waals surface area contributed by atoms with Gasteiger partial charge in [-0.3, -0.25) is 4.79 Å². The van der Waals surface area contributed by atoms with E-state index in [0.717, 1.165) is 5.56 Å². The highest BCUT2D eigenvalue weighted by Crippen LogP contribution is 2.31. The Morgan fingerprint density at radius 1 is 1.45 bits per heavy atom. The number of carbonyl (C=O) groups excluding carboxylic acids is 1. The van der Waals surface area contributed by atoms with E-state index in [4.69, 9.17) is 0 Å². The summed E-state index contributed by atoms with van der Waals surface area (Å²) in [6.45, 7) is 2.22. The summed E-state index contributed by atoms with van der Waals surface area (Å²) in [6, 6.07) is 4.32. The van der Waals surface area contributed by atoms with Gasteiger partial charge in [0, 0.05) is 11.0 Å². The molecular formula is C13H16BrNO4S. The molecule has 1 atom stereocenters. The lowest BCUT2D eigenvalue weighted by Crippen LogP contribution is -2.41. The molecule has 1 heterocycles. The number of nitrogens with zero attached hydrogens (tertiary/aromatic N) is 1. The van der Waals surface area contributed by atoms with E-state index in [1.807, 2.05) is 6.92 Å². The summed E-state index contributed by atoms with van der Waals surface area (Å²) in [5.41, 5.74) is 0.960. The number of benzene rings is 1. The number of ether oxygens (including phenoxy) is 1. The molecule has 7 heteroatoms. The molecule has 1 aliphatic heterocycles. The molecular weight excluding hydrogens is 346 g/mol. The molecule has 2 rings (SSSR count). The van der Waals surface area contributed by atoms with Gasteiger partial charge in [-0.05, 0) is 53.4 Å². The fourth-order valence-electron chi connectivity index (χ4n) is 2.34. The molecule has 1 aromatic carbocycles. The van der Waals surface area contributed by atoms with E-state index in [0.29, 0.717) is 23.9 Å². The molecule has 0 saturated carbocycles. The molecule has 0 aliphatic carbocycles. The second-order valence-corrected chi connectivity index (χ2v) is 7.44. The van der Waals surface area contributed by atoms with Crippen molar-refractivity contribution in [2.24, 2.45) is 0 Å². The van der Waals surface area contributed by atoms with E-state index in [1.54, 1.807) is 18.2 Å². The number of esters is 1. The highest BCUT2D eigenvalue weighted by atomic mass is 79.9. The molecule has 1 aliphatic rings. The van der Waals surface area contributed by atoms with E-state index in [2.05, 4.69) is 20.7 Å². The number of hydrogen-bond donors (Lipinski definition) is 0. The van der Waals surface area contributed by atoms with E-state index in [9.17, 15) is 13.2 Å². The van der Waals surface area contributed by atoms with Crippen LogP contribution in [0.4, 0.5) is 0 Å². The van der Waals surface area contributed by atoms with Crippen molar-refractivity contribution in [3.63, 3.8) is 0 Å². The average molecular weight is 362 g/mol. The van der Waals surface area contributed by atoms with Crippen LogP contribution >= 0.6 is 15.9 Å². The fourth-order valence-corrected chi connectivity index (χ4v) is 5.14. The first-order chi connectivity index (χ1) is 9.37. The zero-order chi connectivity index (χ0) is 14.9. The molecule has 0 amide bonds. The van der Waals surface area contributed by atoms with E-state index < -0.39 is 22.0 Å². The Morgan fingerprint density at radius 3 is 2.75 bits per heavy atom. The van der Waals surface area contributed by atoms with Crippen LogP contribution in [-0.2, 0) is 19.6 Å². The maximum absolute atomic E-state index is 12.7. The van der Waals surface area contributed by atoms with Crippen LogP contribution in [0.3, 0.4) is 0 Å². The van der Waals surface area contributed by atoms with Gasteiger partial charge >= 0.3 is 5.97 Å². The summed E-state index contributed by atoms with van der Waals surface area (Å²) in [4.78, 5) is 11.9. The number of sulfonamides is 1. The minimum absolute atomic E-state index is 0.180. The van der Waals surface area contributed by atoms with Crippen molar-refractivity contribution >= 4 is 31.9 Å². The predicted molar refractivity (Wildman–Crippen MR) is 77.8 cm³/mol. The zero-order valence-electron chi connectivity index (χ0n) is 11.3. The maximum atomic E-state index is 12.7. The van der Waals surface area contributed by atoms with Crippen molar-refractivity contribution in [2.45, 2.75) is 30.7 Å². The topological polar surface area (TPSA) is 63.7 Å². The Morgan fingerprint density at radius 2 is 2.15 bits per heavy atom. The van der Waals surface area contributed by atoms with Crippen molar-refractivity contribution in [3.05, 3.63) is 28.2 Å². The Bertz CT molecular complexity index is 629. The third-order valence-electron chi connectivity index (χ3n) is 3.35. The standard InChI is InChI=1S/C13H16BrNO4S/c1-9-5-6-12(10(14)8-9)20(17,18)15-7-3-4-11(15)13(16)19-2/h5-6,8,11H,3-4,7H2,1-2H3. The van der Waals surface area contributed by atoms with Crippen molar-refractivity contribution in [1.29, 1.82) is 0 Å². The van der Waals surface area contributed by atoms with E-state index in [-0.39, 0.29) is 4.90 Å². The van der Waals surface area contributed by atoms with Gasteiger partial charge in [0.1, 0.15) is 6.04 Å². The largest absolute Gasteiger partial charge is 0.468 e. The second kappa shape index (κ2) is 5.83. The van der Waals surface area contributed by atoms with Crippen LogP contribution in [0.25, 0.3) is 0 Å². The lowest BCUT2D eigenvalue weighted by atomic mass is 10.2. The Labute approximate surface area is 127 Å². The third kappa shape index (κ3) is 2.75. The van der Waals surface area contributed by atoms with Gasteiger partial charge in [-0.1, -0.05) is 6.07 Å². The van der Waals surface area contributed by atoms with Gasteiger partial charge in [0.15, 0.2) is 0 Å². The molecule has 1 unspecified atom stereocenters. The Kier molecular flexibility index (Phi) is 4.51. The van der Waals surface area contributed by atoms with Crippen molar-refractivity contribution < 1.29 is 17.9 Å². The Balaban J connectivity index is 2.41. The first-order valence-corrected chi connectivity index (χ1v) is 8.47. The number of halogens is 1. The van der Waals surface area contributed by atoms with Crippen molar-refractivity contribution in [1.82, 2.24) is 4.31 Å². The lowest BCUT2D eigenvalue weighted by molar-refractivity contribution is -0.144. The first kappa shape index (κ1) is 15.5. The molecule has 0 aromatic heterocycles. The van der Waals surface area contributed by atoms with Crippen molar-refractivity contribution in [3.8, 4) is 0 Å². The monoisotopic (exact) mass is 361 g/mol. The number of carbonyl (C=O) groups is 1. The minimum atomic E-state index is -3.70. The molecule has 1 saturated heterocycles. The predicted octanol–water partition coefficient (Wildman–Crippen LogP) is 2.08. The van der Waals surface area contributed by atoms with Gasteiger partial charge in [-0.25, -0.2) is 8.42 Å². The van der Waals surface area contributed by atoms with Gasteiger partial charge in [0.2, 0.25) is 10.0 Å². The summed E-state index contributed by atoms with van der Waals surface area (Å²) in [6.07, 6.45) is 1.15. The van der Waals surface area contributed by atoms with Gasteiger partial charge in [0.05, 0.1) is 12.0 Å². The molecule has 1 aromatic rings. The van der Waals surface area contributed by atoms with Gasteiger partial charge in [-0.2, -0.15) is 4.31 Å². The van der Waals surface area contributed by atoms with E-state index in [1.165, 1.54) is 11.4 Å². The van der Waals surface area contributed by atoms with Crippen LogP contribution in [-0.4, -0.2) is 38.4 Å². The highest BCUT2D eigenvalue weighted by molar-refractivity contribution is 9.10. The summed E-state index contributed by atoms with van der Waals surface area (Å²) < 4.78 is 31.8. The maximum Gasteiger partial charge on any atom is 0.324 e. The summed E-state index contributed by atoms with van der Waals surface area (Å²) in [5.74, 6) is -0.505. The molecule has 0 radical (unpaired) electrons. The quantitative estimate of drug-likeness (QED) is 0.773. The Hall–Kier alpha value is -0.920. The second-order valence-electron chi connectivity index (χ2n) is 4.73. The van der Waals surface area contributed by atoms with Crippen LogP contribution in [0.2, 0.25) is 0 Å². The minimum Gasteiger partial charge on any atom is -0.468 e. The number of aryl methyl sites for hydroxylation is 1. The highest BCUT2D eigenvalue weighted by Gasteiger charge is 2.40. The molecule has 5 nitrogen and oxygen atoms in total. The van der Waals surface area contributed by atoms with Crippen molar-refractivity contribution in [2.75, 3.05) is 13.7 Å². The average Bonchev–Trinajstić information content (AvgIpc) is 2.87. The third-order valence-corrected chi connectivity index (χ3v) is 6.24. The SMILES string of the molecule is COC(=O)C1CCCN1S(=O)(=O)c1ccc(C)cc1Br. The normalized spacial score (nSPS) is 20.1. The van der Waals surface area contributed by atoms with Crippen LogP contribution in [0.1, 0.15) is 18.4 Å². The lowest BCUT2D eigenvalue weighted by Gasteiger charge is -2.22. The van der Waals surface area contributed by atoms with Crippen LogP contribution in [0.15, 0.2) is 27.6 Å². The molecule has 0 bridgehead atoms. The van der Waals surface area contributed by atoms with Crippen LogP contribution in [0.5, 0.6) is 0 Å². The molecule has 20 heavy (non-hydrogen) atoms. The number of hydrogen-bond acceptors (Lipinski definition) is 4. The molecule has 0 spiro atoms. The molecule has 1 fully saturated rings. The van der Waals surface area contributed by atoms with Gasteiger partial charge in [-0.15, -0.1) is 0 Å². The summed E-state index contributed by atoms with van der Waals surface area (Å²) >= 11 is 3.28. The first-order valence-electron chi connectivity index (χ1n) is 6.23. The van der Waals surface area contributed by atoms with E-state index >= 15 is 0 Å². The fraction of sp³-hybridized carbons (Fsp3) is 0.462. The number of rotatable bonds is 3. The molecule has 0 N–H and O–H groups in total. The summed E-state index contributed by atoms with van der Waals surface area (Å²) in [5, 5.41) is 0. The van der Waals surface area contributed by atoms with Gasteiger partial charge in [0.25, 0.3) is 0 Å².